The highest BCUT2D eigenvalue weighted by molar-refractivity contribution is 6.36. The second-order valence-corrected chi connectivity index (χ2v) is 7.42. The summed E-state index contributed by atoms with van der Waals surface area (Å²) < 4.78 is 5.83. The van der Waals surface area contributed by atoms with Gasteiger partial charge in [-0.25, -0.2) is 4.79 Å². The number of carbonyl (C=O) groups is 2. The molecule has 0 radical (unpaired) electrons. The number of benzene rings is 3. The van der Waals surface area contributed by atoms with Crippen molar-refractivity contribution in [3.8, 4) is 11.8 Å². The maximum Gasteiger partial charge on any atom is 0.335 e. The molecule has 0 fully saturated rings. The number of carbonyl (C=O) groups excluding carboxylic acids is 1. The number of aromatic carboxylic acids is 1. The van der Waals surface area contributed by atoms with Gasteiger partial charge in [0, 0.05) is 10.6 Å². The highest BCUT2D eigenvalue weighted by atomic mass is 35.5. The topological polar surface area (TPSA) is 99.4 Å². The fraction of sp³-hybridized carbons (Fsp3) is 0.0417. The van der Waals surface area contributed by atoms with Crippen molar-refractivity contribution in [2.45, 2.75) is 6.61 Å². The SMILES string of the molecule is N#C/C(=C\c1ccccc1OCc1ccc(C(=O)O)cc1)C(=O)Nc1ccc(Cl)cc1Cl. The number of ether oxygens (including phenoxy) is 1. The van der Waals surface area contributed by atoms with Crippen molar-refractivity contribution in [2.75, 3.05) is 5.32 Å². The minimum Gasteiger partial charge on any atom is -0.488 e. The Kier molecular flexibility index (Phi) is 7.50. The third-order valence-electron chi connectivity index (χ3n) is 4.36. The summed E-state index contributed by atoms with van der Waals surface area (Å²) in [5.41, 5.74) is 1.67. The minimum absolute atomic E-state index is 0.141. The molecule has 0 unspecified atom stereocenters. The zero-order valence-corrected chi connectivity index (χ0v) is 18.0. The van der Waals surface area contributed by atoms with E-state index in [1.165, 1.54) is 24.3 Å². The van der Waals surface area contributed by atoms with Crippen molar-refractivity contribution in [2.24, 2.45) is 0 Å². The van der Waals surface area contributed by atoms with Gasteiger partial charge in [-0.1, -0.05) is 53.5 Å². The van der Waals surface area contributed by atoms with Crippen molar-refractivity contribution < 1.29 is 19.4 Å². The van der Waals surface area contributed by atoms with E-state index in [2.05, 4.69) is 5.32 Å². The summed E-state index contributed by atoms with van der Waals surface area (Å²) >= 11 is 11.9. The fourth-order valence-corrected chi connectivity index (χ4v) is 3.18. The van der Waals surface area contributed by atoms with Crippen molar-refractivity contribution in [1.82, 2.24) is 0 Å². The summed E-state index contributed by atoms with van der Waals surface area (Å²) in [4.78, 5) is 23.5. The molecule has 3 aromatic carbocycles. The Morgan fingerprint density at radius 1 is 1.06 bits per heavy atom. The van der Waals surface area contributed by atoms with Crippen LogP contribution in [0.3, 0.4) is 0 Å². The standard InChI is InChI=1S/C24H16Cl2N2O4/c25-19-9-10-21(20(26)12-19)28-23(29)18(13-27)11-17-3-1-2-4-22(17)32-14-15-5-7-16(8-6-15)24(30)31/h1-12H,14H2,(H,28,29)(H,30,31)/b18-11+. The van der Waals surface area contributed by atoms with E-state index in [-0.39, 0.29) is 22.8 Å². The Hall–Kier alpha value is -3.79. The van der Waals surface area contributed by atoms with Gasteiger partial charge in [0.1, 0.15) is 24.0 Å². The van der Waals surface area contributed by atoms with Gasteiger partial charge in [0.15, 0.2) is 0 Å². The van der Waals surface area contributed by atoms with Gasteiger partial charge in [-0.05, 0) is 48.0 Å². The van der Waals surface area contributed by atoms with Crippen LogP contribution in [0.1, 0.15) is 21.5 Å². The summed E-state index contributed by atoms with van der Waals surface area (Å²) in [5, 5.41) is 21.7. The molecular weight excluding hydrogens is 451 g/mol. The average molecular weight is 467 g/mol. The quantitative estimate of drug-likeness (QED) is 0.337. The number of anilines is 1. The third kappa shape index (κ3) is 5.88. The van der Waals surface area contributed by atoms with Crippen LogP contribution in [0.4, 0.5) is 5.69 Å². The number of carboxylic acid groups (broad SMARTS) is 1. The molecule has 0 saturated heterocycles. The molecule has 3 rings (SSSR count). The first-order chi connectivity index (χ1) is 15.4. The van der Waals surface area contributed by atoms with Crippen molar-refractivity contribution in [1.29, 1.82) is 5.26 Å². The number of amides is 1. The van der Waals surface area contributed by atoms with E-state index in [1.54, 1.807) is 48.5 Å². The van der Waals surface area contributed by atoms with Crippen molar-refractivity contribution in [3.05, 3.63) is 99.0 Å². The predicted molar refractivity (Wildman–Crippen MR) is 123 cm³/mol. The van der Waals surface area contributed by atoms with Crippen LogP contribution in [0, 0.1) is 11.3 Å². The lowest BCUT2D eigenvalue weighted by Gasteiger charge is -2.10. The van der Waals surface area contributed by atoms with Gasteiger partial charge >= 0.3 is 5.97 Å². The van der Waals surface area contributed by atoms with Gasteiger partial charge in [0.25, 0.3) is 5.91 Å². The maximum atomic E-state index is 12.6. The van der Waals surface area contributed by atoms with Gasteiger partial charge < -0.3 is 15.2 Å². The fourth-order valence-electron chi connectivity index (χ4n) is 2.72. The van der Waals surface area contributed by atoms with E-state index < -0.39 is 11.9 Å². The number of para-hydroxylation sites is 1. The summed E-state index contributed by atoms with van der Waals surface area (Å²) in [6.45, 7) is 0.180. The molecule has 0 heterocycles. The number of halogens is 2. The van der Waals surface area contributed by atoms with E-state index in [0.29, 0.717) is 22.0 Å². The van der Waals surface area contributed by atoms with Gasteiger partial charge in [-0.3, -0.25) is 4.79 Å². The summed E-state index contributed by atoms with van der Waals surface area (Å²) in [6, 6.07) is 19.7. The molecule has 0 spiro atoms. The molecule has 0 aliphatic rings. The van der Waals surface area contributed by atoms with E-state index in [1.807, 2.05) is 6.07 Å². The number of rotatable bonds is 7. The van der Waals surface area contributed by atoms with E-state index in [9.17, 15) is 14.9 Å². The van der Waals surface area contributed by atoms with Crippen LogP contribution in [0.25, 0.3) is 6.08 Å². The smallest absolute Gasteiger partial charge is 0.335 e. The van der Waals surface area contributed by atoms with Crippen molar-refractivity contribution in [3.63, 3.8) is 0 Å². The van der Waals surface area contributed by atoms with Gasteiger partial charge in [-0.2, -0.15) is 5.26 Å². The molecule has 3 aromatic rings. The number of carboxylic acids is 1. The molecule has 0 aromatic heterocycles. The van der Waals surface area contributed by atoms with Crippen LogP contribution in [0.2, 0.25) is 10.0 Å². The first-order valence-electron chi connectivity index (χ1n) is 9.29. The predicted octanol–water partition coefficient (Wildman–Crippen LogP) is 5.82. The van der Waals surface area contributed by atoms with Crippen LogP contribution in [-0.2, 0) is 11.4 Å². The van der Waals surface area contributed by atoms with E-state index in [4.69, 9.17) is 33.0 Å². The lowest BCUT2D eigenvalue weighted by molar-refractivity contribution is -0.112. The molecule has 0 aliphatic carbocycles. The first-order valence-corrected chi connectivity index (χ1v) is 10.0. The lowest BCUT2D eigenvalue weighted by Crippen LogP contribution is -2.13. The molecule has 32 heavy (non-hydrogen) atoms. The summed E-state index contributed by atoms with van der Waals surface area (Å²) in [5.74, 6) is -1.18. The molecule has 1 amide bonds. The Labute approximate surface area is 194 Å². The molecule has 0 saturated carbocycles. The normalized spacial score (nSPS) is 10.8. The second kappa shape index (κ2) is 10.5. The summed E-state index contributed by atoms with van der Waals surface area (Å²) in [6.07, 6.45) is 1.42. The van der Waals surface area contributed by atoms with Crippen LogP contribution in [-0.4, -0.2) is 17.0 Å². The number of hydrogen-bond acceptors (Lipinski definition) is 4. The van der Waals surface area contributed by atoms with E-state index >= 15 is 0 Å². The molecule has 160 valence electrons. The minimum atomic E-state index is -1.00. The Morgan fingerprint density at radius 2 is 1.78 bits per heavy atom. The third-order valence-corrected chi connectivity index (χ3v) is 4.91. The molecular formula is C24H16Cl2N2O4. The number of hydrogen-bond donors (Lipinski definition) is 2. The zero-order chi connectivity index (χ0) is 23.1. The monoisotopic (exact) mass is 466 g/mol. The molecule has 8 heteroatoms. The first kappa shape index (κ1) is 22.9. The van der Waals surface area contributed by atoms with Crippen LogP contribution in [0.5, 0.6) is 5.75 Å². The highest BCUT2D eigenvalue weighted by Crippen LogP contribution is 2.27. The van der Waals surface area contributed by atoms with Gasteiger partial charge in [-0.15, -0.1) is 0 Å². The molecule has 0 bridgehead atoms. The number of nitrogens with zero attached hydrogens (tertiary/aromatic N) is 1. The highest BCUT2D eigenvalue weighted by Gasteiger charge is 2.13. The van der Waals surface area contributed by atoms with Crippen LogP contribution >= 0.6 is 23.2 Å². The maximum absolute atomic E-state index is 12.6. The Bertz CT molecular complexity index is 1230. The van der Waals surface area contributed by atoms with Crippen LogP contribution < -0.4 is 10.1 Å². The Balaban J connectivity index is 1.77. The zero-order valence-electron chi connectivity index (χ0n) is 16.5. The largest absolute Gasteiger partial charge is 0.488 e. The second-order valence-electron chi connectivity index (χ2n) is 6.58. The summed E-state index contributed by atoms with van der Waals surface area (Å²) in [7, 11) is 0. The lowest BCUT2D eigenvalue weighted by atomic mass is 10.1. The van der Waals surface area contributed by atoms with Crippen molar-refractivity contribution >= 4 is 46.8 Å². The number of nitriles is 1. The number of nitrogens with one attached hydrogen (secondary N) is 1. The molecule has 0 atom stereocenters. The van der Waals surface area contributed by atoms with Gasteiger partial charge in [0.2, 0.25) is 0 Å². The van der Waals surface area contributed by atoms with Crippen LogP contribution in [0.15, 0.2) is 72.3 Å². The molecule has 6 nitrogen and oxygen atoms in total. The molecule has 0 aliphatic heterocycles. The van der Waals surface area contributed by atoms with Gasteiger partial charge in [0.05, 0.1) is 16.3 Å². The molecule has 2 N–H and O–H groups in total. The van der Waals surface area contributed by atoms with E-state index in [0.717, 1.165) is 5.56 Å². The average Bonchev–Trinajstić information content (AvgIpc) is 2.78. The Morgan fingerprint density at radius 3 is 2.44 bits per heavy atom.